The van der Waals surface area contributed by atoms with Crippen molar-refractivity contribution in [1.82, 2.24) is 10.1 Å². The van der Waals surface area contributed by atoms with Crippen molar-refractivity contribution in [3.8, 4) is 0 Å². The number of ether oxygens (including phenoxy) is 1. The molecule has 0 amide bonds. The Morgan fingerprint density at radius 1 is 1.35 bits per heavy atom. The van der Waals surface area contributed by atoms with Crippen molar-refractivity contribution in [3.63, 3.8) is 0 Å². The molecule has 1 aromatic rings. The predicted octanol–water partition coefficient (Wildman–Crippen LogP) is 1.66. The van der Waals surface area contributed by atoms with E-state index in [2.05, 4.69) is 10.1 Å². The van der Waals surface area contributed by atoms with Gasteiger partial charge in [0.05, 0.1) is 11.5 Å². The molecule has 0 aliphatic heterocycles. The van der Waals surface area contributed by atoms with Crippen LogP contribution >= 0.6 is 0 Å². The van der Waals surface area contributed by atoms with Crippen molar-refractivity contribution >= 4 is 0 Å². The zero-order chi connectivity index (χ0) is 13.3. The first-order valence-corrected chi connectivity index (χ1v) is 5.83. The number of hydrogen-bond donors (Lipinski definition) is 1. The average Bonchev–Trinajstić information content (AvgIpc) is 2.64. The zero-order valence-corrected chi connectivity index (χ0v) is 11.6. The van der Waals surface area contributed by atoms with Gasteiger partial charge < -0.3 is 15.0 Å². The molecular weight excluding hydrogens is 218 g/mol. The van der Waals surface area contributed by atoms with Gasteiger partial charge in [-0.25, -0.2) is 0 Å². The van der Waals surface area contributed by atoms with Crippen LogP contribution in [-0.2, 0) is 16.6 Å². The summed E-state index contributed by atoms with van der Waals surface area (Å²) >= 11 is 0. The monoisotopic (exact) mass is 241 g/mol. The van der Waals surface area contributed by atoms with Crippen LogP contribution in [0, 0.1) is 0 Å². The summed E-state index contributed by atoms with van der Waals surface area (Å²) in [5.41, 5.74) is 5.34. The average molecular weight is 241 g/mol. The Hall–Kier alpha value is -0.940. The van der Waals surface area contributed by atoms with Crippen LogP contribution in [0.1, 0.15) is 46.3 Å². The minimum Gasteiger partial charge on any atom is -0.381 e. The summed E-state index contributed by atoms with van der Waals surface area (Å²) in [5, 5.41) is 3.96. The fourth-order valence-corrected chi connectivity index (χ4v) is 1.21. The van der Waals surface area contributed by atoms with Crippen LogP contribution in [0.2, 0.25) is 0 Å². The van der Waals surface area contributed by atoms with Crippen molar-refractivity contribution in [1.29, 1.82) is 0 Å². The van der Waals surface area contributed by atoms with E-state index >= 15 is 0 Å². The van der Waals surface area contributed by atoms with E-state index in [0.29, 0.717) is 18.1 Å². The summed E-state index contributed by atoms with van der Waals surface area (Å²) in [4.78, 5) is 4.40. The molecule has 0 spiro atoms. The van der Waals surface area contributed by atoms with E-state index in [9.17, 15) is 0 Å². The molecule has 0 saturated heterocycles. The molecule has 1 heterocycles. The van der Waals surface area contributed by atoms with Crippen LogP contribution in [0.15, 0.2) is 4.52 Å². The maximum atomic E-state index is 6.13. The first-order chi connectivity index (χ1) is 7.68. The summed E-state index contributed by atoms with van der Waals surface area (Å²) in [6.45, 7) is 9.88. The maximum Gasteiger partial charge on any atom is 0.234 e. The molecule has 0 radical (unpaired) electrons. The SMILES string of the molecule is COC(C)Cc1noc(C(C)(C)C(C)(C)N)n1. The molecule has 17 heavy (non-hydrogen) atoms. The second-order valence-corrected chi connectivity index (χ2v) is 5.61. The highest BCUT2D eigenvalue weighted by Gasteiger charge is 2.40. The molecule has 98 valence electrons. The van der Waals surface area contributed by atoms with Gasteiger partial charge in [0.25, 0.3) is 0 Å². The molecule has 0 fully saturated rings. The quantitative estimate of drug-likeness (QED) is 0.848. The standard InChI is InChI=1S/C12H23N3O2/c1-8(16-6)7-9-14-10(17-15-9)11(2,3)12(4,5)13/h8H,7,13H2,1-6H3. The normalized spacial score (nSPS) is 15.0. The molecule has 1 unspecified atom stereocenters. The number of methoxy groups -OCH3 is 1. The van der Waals surface area contributed by atoms with E-state index in [-0.39, 0.29) is 11.5 Å². The van der Waals surface area contributed by atoms with Crippen molar-refractivity contribution in [2.24, 2.45) is 5.73 Å². The lowest BCUT2D eigenvalue weighted by Gasteiger charge is -2.34. The zero-order valence-electron chi connectivity index (χ0n) is 11.6. The van der Waals surface area contributed by atoms with Gasteiger partial charge in [0.1, 0.15) is 0 Å². The lowest BCUT2D eigenvalue weighted by molar-refractivity contribution is 0.116. The molecule has 5 nitrogen and oxygen atoms in total. The molecule has 1 rings (SSSR count). The van der Waals surface area contributed by atoms with Gasteiger partial charge in [-0.1, -0.05) is 5.16 Å². The molecule has 0 bridgehead atoms. The van der Waals surface area contributed by atoms with Crippen LogP contribution in [0.4, 0.5) is 0 Å². The van der Waals surface area contributed by atoms with Crippen molar-refractivity contribution in [3.05, 3.63) is 11.7 Å². The predicted molar refractivity (Wildman–Crippen MR) is 65.8 cm³/mol. The maximum absolute atomic E-state index is 6.13. The van der Waals surface area contributed by atoms with Gasteiger partial charge in [-0.3, -0.25) is 0 Å². The number of aromatic nitrogens is 2. The number of rotatable bonds is 5. The van der Waals surface area contributed by atoms with Crippen molar-refractivity contribution in [2.45, 2.75) is 58.1 Å². The summed E-state index contributed by atoms with van der Waals surface area (Å²) in [7, 11) is 1.67. The van der Waals surface area contributed by atoms with Gasteiger partial charge in [-0.05, 0) is 34.6 Å². The van der Waals surface area contributed by atoms with Crippen molar-refractivity contribution < 1.29 is 9.26 Å². The van der Waals surface area contributed by atoms with Crippen LogP contribution in [0.3, 0.4) is 0 Å². The Bertz CT molecular complexity index is 366. The molecule has 0 aromatic carbocycles. The van der Waals surface area contributed by atoms with E-state index in [1.54, 1.807) is 7.11 Å². The van der Waals surface area contributed by atoms with Crippen LogP contribution < -0.4 is 5.73 Å². The smallest absolute Gasteiger partial charge is 0.234 e. The van der Waals surface area contributed by atoms with Gasteiger partial charge in [0.15, 0.2) is 5.82 Å². The minimum absolute atomic E-state index is 0.0782. The molecule has 0 aliphatic rings. The second-order valence-electron chi connectivity index (χ2n) is 5.61. The first-order valence-electron chi connectivity index (χ1n) is 5.83. The van der Waals surface area contributed by atoms with E-state index in [1.807, 2.05) is 34.6 Å². The van der Waals surface area contributed by atoms with Crippen LogP contribution in [-0.4, -0.2) is 28.9 Å². The topological polar surface area (TPSA) is 74.2 Å². The fourth-order valence-electron chi connectivity index (χ4n) is 1.21. The first kappa shape index (κ1) is 14.1. The molecule has 1 atom stereocenters. The van der Waals surface area contributed by atoms with Gasteiger partial charge in [0.2, 0.25) is 5.89 Å². The highest BCUT2D eigenvalue weighted by Crippen LogP contribution is 2.31. The molecule has 2 N–H and O–H groups in total. The Kier molecular flexibility index (Phi) is 3.94. The largest absolute Gasteiger partial charge is 0.381 e. The molecule has 0 aliphatic carbocycles. The Balaban J connectivity index is 2.88. The van der Waals surface area contributed by atoms with Gasteiger partial charge in [0, 0.05) is 19.1 Å². The van der Waals surface area contributed by atoms with Crippen LogP contribution in [0.5, 0.6) is 0 Å². The van der Waals surface area contributed by atoms with E-state index in [1.165, 1.54) is 0 Å². The second kappa shape index (κ2) is 4.74. The summed E-state index contributed by atoms with van der Waals surface area (Å²) in [6.07, 6.45) is 0.718. The number of hydrogen-bond acceptors (Lipinski definition) is 5. The van der Waals surface area contributed by atoms with Gasteiger partial charge >= 0.3 is 0 Å². The third-order valence-corrected chi connectivity index (χ3v) is 3.49. The molecule has 1 aromatic heterocycles. The van der Waals surface area contributed by atoms with Crippen LogP contribution in [0.25, 0.3) is 0 Å². The number of nitrogens with zero attached hydrogens (tertiary/aromatic N) is 2. The number of nitrogens with two attached hydrogens (primary N) is 1. The van der Waals surface area contributed by atoms with Crippen molar-refractivity contribution in [2.75, 3.05) is 7.11 Å². The van der Waals surface area contributed by atoms with Gasteiger partial charge in [-0.2, -0.15) is 4.98 Å². The minimum atomic E-state index is -0.427. The van der Waals surface area contributed by atoms with E-state index in [4.69, 9.17) is 15.0 Å². The lowest BCUT2D eigenvalue weighted by Crippen LogP contribution is -2.50. The Labute approximate surface area is 103 Å². The summed E-state index contributed by atoms with van der Waals surface area (Å²) in [6, 6.07) is 0. The molecule has 0 saturated carbocycles. The summed E-state index contributed by atoms with van der Waals surface area (Å²) < 4.78 is 10.5. The highest BCUT2D eigenvalue weighted by molar-refractivity contribution is 5.10. The Morgan fingerprint density at radius 2 is 1.94 bits per heavy atom. The van der Waals surface area contributed by atoms with E-state index in [0.717, 1.165) is 0 Å². The molecule has 5 heteroatoms. The third-order valence-electron chi connectivity index (χ3n) is 3.49. The van der Waals surface area contributed by atoms with E-state index < -0.39 is 5.54 Å². The highest BCUT2D eigenvalue weighted by atomic mass is 16.5. The molecular formula is C12H23N3O2. The summed E-state index contributed by atoms with van der Waals surface area (Å²) in [5.74, 6) is 1.23. The lowest BCUT2D eigenvalue weighted by atomic mass is 9.75. The third kappa shape index (κ3) is 3.04. The van der Waals surface area contributed by atoms with Gasteiger partial charge in [-0.15, -0.1) is 0 Å². The fraction of sp³-hybridized carbons (Fsp3) is 0.833. The Morgan fingerprint density at radius 3 is 2.41 bits per heavy atom.